The fourth-order valence-electron chi connectivity index (χ4n) is 2.02. The van der Waals surface area contributed by atoms with Crippen LogP contribution in [-0.4, -0.2) is 39.1 Å². The molecular weight excluding hydrogens is 264 g/mol. The first-order chi connectivity index (χ1) is 8.56. The number of H-pyrrole nitrogens is 1. The number of hydrogen-bond acceptors (Lipinski definition) is 5. The van der Waals surface area contributed by atoms with Crippen molar-refractivity contribution in [3.8, 4) is 0 Å². The minimum atomic E-state index is -0.659. The minimum Gasteiger partial charge on any atom is -0.396 e. The molecule has 0 aliphatic carbocycles. The topological polar surface area (TPSA) is 105 Å². The van der Waals surface area contributed by atoms with E-state index in [1.807, 2.05) is 0 Å². The van der Waals surface area contributed by atoms with Crippen molar-refractivity contribution >= 4 is 11.6 Å². The Balaban J connectivity index is 2.31. The van der Waals surface area contributed by atoms with Gasteiger partial charge in [0, 0.05) is 25.1 Å². The van der Waals surface area contributed by atoms with Crippen LogP contribution in [0, 0.1) is 5.92 Å². The highest BCUT2D eigenvalue weighted by Crippen LogP contribution is 2.32. The molecule has 2 heterocycles. The molecule has 8 heteroatoms. The molecule has 18 heavy (non-hydrogen) atoms. The number of nitrogens with one attached hydrogen (secondary N) is 1. The molecule has 1 aliphatic heterocycles. The molecule has 1 aromatic heterocycles. The molecule has 1 aliphatic rings. The molecule has 0 amide bonds. The highest BCUT2D eigenvalue weighted by atomic mass is 35.5. The van der Waals surface area contributed by atoms with Crippen LogP contribution < -0.4 is 11.2 Å². The molecule has 3 atom stereocenters. The van der Waals surface area contributed by atoms with Gasteiger partial charge in [0.15, 0.2) is 0 Å². The summed E-state index contributed by atoms with van der Waals surface area (Å²) in [5, 5.41) is 18.1. The summed E-state index contributed by atoms with van der Waals surface area (Å²) < 4.78 is 6.60. The molecule has 100 valence electrons. The Bertz CT molecular complexity index is 528. The lowest BCUT2D eigenvalue weighted by Gasteiger charge is -2.14. The van der Waals surface area contributed by atoms with Crippen molar-refractivity contribution in [2.75, 3.05) is 13.2 Å². The van der Waals surface area contributed by atoms with E-state index >= 15 is 0 Å². The minimum absolute atomic E-state index is 0.119. The molecule has 7 nitrogen and oxygen atoms in total. The molecule has 1 fully saturated rings. The van der Waals surface area contributed by atoms with Gasteiger partial charge in [-0.1, -0.05) is 11.6 Å². The molecule has 3 N–H and O–H groups in total. The lowest BCUT2D eigenvalue weighted by Crippen LogP contribution is -2.32. The summed E-state index contributed by atoms with van der Waals surface area (Å²) in [5.74, 6) is -0.252. The standard InChI is InChI=1S/C10H13ClN2O5/c11-6-2-13(10(17)12-9(6)16)8-1-5(3-14)7(4-15)18-8/h2,5,7-8,14-15H,1,3-4H2,(H,12,16,17)/t5-,7-,8-/m1/s1. The van der Waals surface area contributed by atoms with Gasteiger partial charge in [-0.25, -0.2) is 4.79 Å². The van der Waals surface area contributed by atoms with Crippen LogP contribution in [0.5, 0.6) is 0 Å². The molecular formula is C10H13ClN2O5. The van der Waals surface area contributed by atoms with Gasteiger partial charge in [-0.05, 0) is 0 Å². The van der Waals surface area contributed by atoms with Crippen LogP contribution in [-0.2, 0) is 4.74 Å². The number of aromatic nitrogens is 2. The Hall–Kier alpha value is -1.15. The van der Waals surface area contributed by atoms with Crippen LogP contribution in [0.4, 0.5) is 0 Å². The fraction of sp³-hybridized carbons (Fsp3) is 0.600. The van der Waals surface area contributed by atoms with Gasteiger partial charge in [0.05, 0.1) is 12.7 Å². The number of aliphatic hydroxyl groups is 2. The number of aliphatic hydroxyl groups excluding tert-OH is 2. The second-order valence-electron chi connectivity index (χ2n) is 4.13. The Morgan fingerprint density at radius 3 is 2.72 bits per heavy atom. The summed E-state index contributed by atoms with van der Waals surface area (Å²) in [6.45, 7) is -0.388. The molecule has 0 aromatic carbocycles. The van der Waals surface area contributed by atoms with E-state index in [1.54, 1.807) is 0 Å². The van der Waals surface area contributed by atoms with Crippen LogP contribution in [0.2, 0.25) is 5.02 Å². The van der Waals surface area contributed by atoms with Gasteiger partial charge in [0.2, 0.25) is 0 Å². The molecule has 0 unspecified atom stereocenters. The van der Waals surface area contributed by atoms with Gasteiger partial charge in [0.1, 0.15) is 11.3 Å². The molecule has 2 rings (SSSR count). The van der Waals surface area contributed by atoms with E-state index in [1.165, 1.54) is 6.20 Å². The van der Waals surface area contributed by atoms with Crippen molar-refractivity contribution in [2.24, 2.45) is 5.92 Å². The van der Waals surface area contributed by atoms with Gasteiger partial charge in [-0.3, -0.25) is 14.3 Å². The summed E-state index contributed by atoms with van der Waals surface area (Å²) in [7, 11) is 0. The Morgan fingerprint density at radius 1 is 1.44 bits per heavy atom. The lowest BCUT2D eigenvalue weighted by molar-refractivity contribution is -0.0366. The predicted molar refractivity (Wildman–Crippen MR) is 62.5 cm³/mol. The smallest absolute Gasteiger partial charge is 0.330 e. The van der Waals surface area contributed by atoms with E-state index in [-0.39, 0.29) is 24.2 Å². The lowest BCUT2D eigenvalue weighted by atomic mass is 10.0. The maximum atomic E-state index is 11.6. The highest BCUT2D eigenvalue weighted by Gasteiger charge is 2.35. The Kier molecular flexibility index (Phi) is 3.86. The highest BCUT2D eigenvalue weighted by molar-refractivity contribution is 6.30. The average molecular weight is 277 g/mol. The van der Waals surface area contributed by atoms with Crippen molar-refractivity contribution in [2.45, 2.75) is 18.8 Å². The third-order valence-electron chi connectivity index (χ3n) is 3.01. The normalized spacial score (nSPS) is 27.6. The summed E-state index contributed by atoms with van der Waals surface area (Å²) in [6.07, 6.45) is 0.379. The van der Waals surface area contributed by atoms with Crippen molar-refractivity contribution < 1.29 is 14.9 Å². The SMILES string of the molecule is O=c1[nH]c(=O)n([C@H]2C[C@H](CO)[C@@H](CO)O2)cc1Cl. The van der Waals surface area contributed by atoms with Crippen LogP contribution in [0.1, 0.15) is 12.6 Å². The number of rotatable bonds is 3. The molecule has 1 saturated heterocycles. The van der Waals surface area contributed by atoms with Crippen molar-refractivity contribution in [1.82, 2.24) is 9.55 Å². The number of ether oxygens (including phenoxy) is 1. The van der Waals surface area contributed by atoms with Gasteiger partial charge in [0.25, 0.3) is 5.56 Å². The molecule has 0 saturated carbocycles. The zero-order valence-corrected chi connectivity index (χ0v) is 10.1. The number of hydrogen-bond donors (Lipinski definition) is 3. The first-order valence-corrected chi connectivity index (χ1v) is 5.82. The van der Waals surface area contributed by atoms with Gasteiger partial charge >= 0.3 is 5.69 Å². The van der Waals surface area contributed by atoms with E-state index in [4.69, 9.17) is 26.6 Å². The van der Waals surface area contributed by atoms with Gasteiger partial charge < -0.3 is 14.9 Å². The van der Waals surface area contributed by atoms with Crippen LogP contribution in [0.3, 0.4) is 0 Å². The maximum absolute atomic E-state index is 11.6. The summed E-state index contributed by atoms with van der Waals surface area (Å²) in [6, 6.07) is 0. The second kappa shape index (κ2) is 5.23. The second-order valence-corrected chi connectivity index (χ2v) is 4.54. The molecule has 0 spiro atoms. The average Bonchev–Trinajstić information content (AvgIpc) is 2.76. The monoisotopic (exact) mass is 276 g/mol. The van der Waals surface area contributed by atoms with E-state index < -0.39 is 23.6 Å². The third kappa shape index (κ3) is 2.35. The summed E-state index contributed by atoms with van der Waals surface area (Å²) in [5.41, 5.74) is -1.29. The largest absolute Gasteiger partial charge is 0.396 e. The summed E-state index contributed by atoms with van der Waals surface area (Å²) in [4.78, 5) is 24.8. The first kappa shape index (κ1) is 13.3. The molecule has 1 aromatic rings. The fourth-order valence-corrected chi connectivity index (χ4v) is 2.17. The van der Waals surface area contributed by atoms with Crippen LogP contribution >= 0.6 is 11.6 Å². The number of nitrogens with zero attached hydrogens (tertiary/aromatic N) is 1. The van der Waals surface area contributed by atoms with E-state index in [0.717, 1.165) is 4.57 Å². The van der Waals surface area contributed by atoms with E-state index in [9.17, 15) is 9.59 Å². The number of halogens is 1. The predicted octanol–water partition coefficient (Wildman–Crippen LogP) is -0.922. The van der Waals surface area contributed by atoms with Crippen LogP contribution in [0.15, 0.2) is 15.8 Å². The van der Waals surface area contributed by atoms with Crippen molar-refractivity contribution in [1.29, 1.82) is 0 Å². The zero-order valence-electron chi connectivity index (χ0n) is 9.38. The van der Waals surface area contributed by atoms with Gasteiger partial charge in [-0.15, -0.1) is 0 Å². The number of aromatic amines is 1. The Morgan fingerprint density at radius 2 is 2.17 bits per heavy atom. The van der Waals surface area contributed by atoms with Crippen molar-refractivity contribution in [3.05, 3.63) is 32.1 Å². The van der Waals surface area contributed by atoms with E-state index in [2.05, 4.69) is 4.98 Å². The van der Waals surface area contributed by atoms with Gasteiger partial charge in [-0.2, -0.15) is 0 Å². The summed E-state index contributed by atoms with van der Waals surface area (Å²) >= 11 is 5.65. The Labute approximate surface area is 107 Å². The molecule has 0 radical (unpaired) electrons. The quantitative estimate of drug-likeness (QED) is 0.662. The van der Waals surface area contributed by atoms with Crippen LogP contribution in [0.25, 0.3) is 0 Å². The maximum Gasteiger partial charge on any atom is 0.330 e. The first-order valence-electron chi connectivity index (χ1n) is 5.45. The van der Waals surface area contributed by atoms with Crippen molar-refractivity contribution in [3.63, 3.8) is 0 Å². The third-order valence-corrected chi connectivity index (χ3v) is 3.28. The van der Waals surface area contributed by atoms with E-state index in [0.29, 0.717) is 6.42 Å². The molecule has 0 bridgehead atoms. The zero-order chi connectivity index (χ0) is 13.3.